The maximum Gasteiger partial charge on any atom is 0.308 e. The predicted molar refractivity (Wildman–Crippen MR) is 120 cm³/mol. The minimum absolute atomic E-state index is 0.216. The number of fused-ring (bicyclic) bond motifs is 2. The van der Waals surface area contributed by atoms with E-state index in [1.807, 2.05) is 58.0 Å². The van der Waals surface area contributed by atoms with Crippen molar-refractivity contribution < 1.29 is 19.1 Å². The molecule has 0 saturated heterocycles. The number of hydrogen-bond donors (Lipinski definition) is 1. The number of nitrogens with one attached hydrogen (secondary N) is 1. The fourth-order valence-electron chi connectivity index (χ4n) is 4.19. The maximum atomic E-state index is 13.0. The number of aromatic nitrogens is 1. The van der Waals surface area contributed by atoms with E-state index in [-0.39, 0.29) is 11.9 Å². The van der Waals surface area contributed by atoms with Gasteiger partial charge in [-0.1, -0.05) is 18.2 Å². The van der Waals surface area contributed by atoms with Crippen molar-refractivity contribution in [3.8, 4) is 11.5 Å². The minimum atomic E-state index is -0.613. The van der Waals surface area contributed by atoms with E-state index in [1.165, 1.54) is 6.92 Å². The van der Waals surface area contributed by atoms with E-state index in [0.29, 0.717) is 30.2 Å². The van der Waals surface area contributed by atoms with Crippen LogP contribution in [-0.4, -0.2) is 23.0 Å². The summed E-state index contributed by atoms with van der Waals surface area (Å²) in [4.78, 5) is 29.0. The zero-order valence-corrected chi connectivity index (χ0v) is 18.5. The molecule has 0 saturated carbocycles. The standard InChI is InChI=1S/C25H26N2O4/c1-13-12-22(26-20-9-7-6-8-18(13)20)27-25(29)21-11-10-19-16(4)23(30-17(5)28)14(2)15(3)24(19)31-21/h6-9,12,21H,10-11H2,1-5H3,(H,26,27,29). The first kappa shape index (κ1) is 20.8. The van der Waals surface area contributed by atoms with Crippen LogP contribution in [0.2, 0.25) is 0 Å². The van der Waals surface area contributed by atoms with E-state index < -0.39 is 6.10 Å². The van der Waals surface area contributed by atoms with Crippen molar-refractivity contribution in [2.45, 2.75) is 53.6 Å². The molecule has 0 aliphatic carbocycles. The molecule has 1 atom stereocenters. The normalized spacial score (nSPS) is 15.2. The minimum Gasteiger partial charge on any atom is -0.480 e. The van der Waals surface area contributed by atoms with Gasteiger partial charge < -0.3 is 14.8 Å². The van der Waals surface area contributed by atoms with E-state index >= 15 is 0 Å². The van der Waals surface area contributed by atoms with Crippen molar-refractivity contribution in [3.63, 3.8) is 0 Å². The molecule has 2 heterocycles. The van der Waals surface area contributed by atoms with Gasteiger partial charge >= 0.3 is 5.97 Å². The Morgan fingerprint density at radius 3 is 2.58 bits per heavy atom. The number of hydrogen-bond acceptors (Lipinski definition) is 5. The highest BCUT2D eigenvalue weighted by atomic mass is 16.5. The van der Waals surface area contributed by atoms with Crippen molar-refractivity contribution in [2.75, 3.05) is 5.32 Å². The number of para-hydroxylation sites is 1. The predicted octanol–water partition coefficient (Wildman–Crippen LogP) is 4.73. The van der Waals surface area contributed by atoms with Gasteiger partial charge in [0.1, 0.15) is 17.3 Å². The van der Waals surface area contributed by atoms with Gasteiger partial charge in [0.25, 0.3) is 5.91 Å². The van der Waals surface area contributed by atoms with E-state index in [1.54, 1.807) is 0 Å². The average molecular weight is 418 g/mol. The first-order valence-corrected chi connectivity index (χ1v) is 10.4. The van der Waals surface area contributed by atoms with E-state index in [9.17, 15) is 9.59 Å². The second-order valence-electron chi connectivity index (χ2n) is 8.08. The smallest absolute Gasteiger partial charge is 0.308 e. The van der Waals surface area contributed by atoms with Crippen molar-refractivity contribution in [1.29, 1.82) is 0 Å². The fraction of sp³-hybridized carbons (Fsp3) is 0.320. The molecule has 1 N–H and O–H groups in total. The number of anilines is 1. The maximum absolute atomic E-state index is 13.0. The Bertz CT molecular complexity index is 1220. The zero-order valence-electron chi connectivity index (χ0n) is 18.5. The van der Waals surface area contributed by atoms with E-state index in [0.717, 1.165) is 38.7 Å². The number of rotatable bonds is 3. The second-order valence-corrected chi connectivity index (χ2v) is 8.08. The third kappa shape index (κ3) is 3.85. The molecule has 1 aliphatic rings. The quantitative estimate of drug-likeness (QED) is 0.492. The molecule has 0 spiro atoms. The molecule has 1 unspecified atom stereocenters. The number of carbonyl (C=O) groups is 2. The SMILES string of the molecule is CC(=O)Oc1c(C)c(C)c2c(c1C)CCC(C(=O)Nc1cc(C)c3ccccc3n1)O2. The highest BCUT2D eigenvalue weighted by Crippen LogP contribution is 2.41. The summed E-state index contributed by atoms with van der Waals surface area (Å²) in [5.74, 6) is 1.25. The molecular formula is C25H26N2O4. The third-order valence-electron chi connectivity index (χ3n) is 5.94. The molecule has 6 heteroatoms. The molecule has 1 aliphatic heterocycles. The summed E-state index contributed by atoms with van der Waals surface area (Å²) >= 11 is 0. The Kier molecular flexibility index (Phi) is 5.39. The van der Waals surface area contributed by atoms with Gasteiger partial charge in [-0.05, 0) is 74.9 Å². The van der Waals surface area contributed by atoms with Crippen LogP contribution in [-0.2, 0) is 16.0 Å². The average Bonchev–Trinajstić information content (AvgIpc) is 2.74. The fourth-order valence-corrected chi connectivity index (χ4v) is 4.19. The largest absolute Gasteiger partial charge is 0.480 e. The van der Waals surface area contributed by atoms with Gasteiger partial charge in [0, 0.05) is 17.9 Å². The van der Waals surface area contributed by atoms with E-state index in [4.69, 9.17) is 9.47 Å². The van der Waals surface area contributed by atoms with Crippen LogP contribution in [0.4, 0.5) is 5.82 Å². The number of esters is 1. The first-order chi connectivity index (χ1) is 14.8. The lowest BCUT2D eigenvalue weighted by Crippen LogP contribution is -2.36. The van der Waals surface area contributed by atoms with Crippen molar-refractivity contribution in [1.82, 2.24) is 4.98 Å². The molecule has 6 nitrogen and oxygen atoms in total. The van der Waals surface area contributed by atoms with Gasteiger partial charge in [0.2, 0.25) is 0 Å². The van der Waals surface area contributed by atoms with E-state index in [2.05, 4.69) is 10.3 Å². The molecule has 4 rings (SSSR count). The van der Waals surface area contributed by atoms with Crippen LogP contribution in [0, 0.1) is 27.7 Å². The van der Waals surface area contributed by atoms with Crippen molar-refractivity contribution >= 4 is 28.6 Å². The molecule has 31 heavy (non-hydrogen) atoms. The van der Waals surface area contributed by atoms with Crippen LogP contribution in [0.5, 0.6) is 11.5 Å². The van der Waals surface area contributed by atoms with Crippen LogP contribution in [0.25, 0.3) is 10.9 Å². The van der Waals surface area contributed by atoms with Crippen molar-refractivity contribution in [2.24, 2.45) is 0 Å². The lowest BCUT2D eigenvalue weighted by atomic mass is 9.91. The summed E-state index contributed by atoms with van der Waals surface area (Å²) in [6.07, 6.45) is 0.589. The molecule has 0 fully saturated rings. The molecule has 0 radical (unpaired) electrons. The highest BCUT2D eigenvalue weighted by Gasteiger charge is 2.31. The Balaban J connectivity index is 1.59. The number of amides is 1. The van der Waals surface area contributed by atoms with Gasteiger partial charge in [-0.15, -0.1) is 0 Å². The second kappa shape index (κ2) is 8.02. The van der Waals surface area contributed by atoms with Crippen LogP contribution in [0.3, 0.4) is 0 Å². The molecule has 3 aromatic rings. The lowest BCUT2D eigenvalue weighted by molar-refractivity contribution is -0.132. The zero-order chi connectivity index (χ0) is 22.3. The molecule has 1 aromatic heterocycles. The Morgan fingerprint density at radius 2 is 1.84 bits per heavy atom. The summed E-state index contributed by atoms with van der Waals surface area (Å²) in [5, 5.41) is 3.98. The van der Waals surface area contributed by atoms with Crippen LogP contribution < -0.4 is 14.8 Å². The van der Waals surface area contributed by atoms with Crippen LogP contribution in [0.1, 0.15) is 41.2 Å². The summed E-state index contributed by atoms with van der Waals surface area (Å²) < 4.78 is 11.6. The summed E-state index contributed by atoms with van der Waals surface area (Å²) in [5.41, 5.74) is 5.50. The van der Waals surface area contributed by atoms with Gasteiger partial charge in [-0.2, -0.15) is 0 Å². The summed E-state index contributed by atoms with van der Waals surface area (Å²) in [6.45, 7) is 9.15. The Labute approximate surface area is 181 Å². The molecule has 2 aromatic carbocycles. The third-order valence-corrected chi connectivity index (χ3v) is 5.94. The Morgan fingerprint density at radius 1 is 1.10 bits per heavy atom. The van der Waals surface area contributed by atoms with Crippen LogP contribution >= 0.6 is 0 Å². The molecular weight excluding hydrogens is 392 g/mol. The Hall–Kier alpha value is -3.41. The highest BCUT2D eigenvalue weighted by molar-refractivity contribution is 5.95. The summed E-state index contributed by atoms with van der Waals surface area (Å²) in [7, 11) is 0. The van der Waals surface area contributed by atoms with Crippen molar-refractivity contribution in [3.05, 3.63) is 58.1 Å². The first-order valence-electron chi connectivity index (χ1n) is 10.4. The van der Waals surface area contributed by atoms with Gasteiger partial charge in [0.05, 0.1) is 5.52 Å². The van der Waals surface area contributed by atoms with Gasteiger partial charge in [-0.3, -0.25) is 9.59 Å². The monoisotopic (exact) mass is 418 g/mol. The summed E-state index contributed by atoms with van der Waals surface area (Å²) in [6, 6.07) is 9.73. The van der Waals surface area contributed by atoms with Crippen LogP contribution in [0.15, 0.2) is 30.3 Å². The number of pyridine rings is 1. The number of benzene rings is 2. The molecule has 0 bridgehead atoms. The molecule has 1 amide bonds. The number of ether oxygens (including phenoxy) is 2. The number of aryl methyl sites for hydroxylation is 1. The number of nitrogens with zero attached hydrogens (tertiary/aromatic N) is 1. The topological polar surface area (TPSA) is 77.5 Å². The van der Waals surface area contributed by atoms with Gasteiger partial charge in [0.15, 0.2) is 6.10 Å². The molecule has 160 valence electrons. The van der Waals surface area contributed by atoms with Gasteiger partial charge in [-0.25, -0.2) is 4.98 Å². The number of carbonyl (C=O) groups excluding carboxylic acids is 2. The lowest BCUT2D eigenvalue weighted by Gasteiger charge is -2.29.